The number of anilines is 1. The van der Waals surface area contributed by atoms with Crippen molar-refractivity contribution in [1.29, 1.82) is 0 Å². The van der Waals surface area contributed by atoms with Crippen LogP contribution in [0.25, 0.3) is 0 Å². The van der Waals surface area contributed by atoms with Crippen molar-refractivity contribution in [3.63, 3.8) is 0 Å². The van der Waals surface area contributed by atoms with Crippen LogP contribution in [0.4, 0.5) is 5.82 Å². The molecule has 0 atom stereocenters. The highest BCUT2D eigenvalue weighted by Gasteiger charge is 2.42. The van der Waals surface area contributed by atoms with Crippen LogP contribution >= 0.6 is 0 Å². The summed E-state index contributed by atoms with van der Waals surface area (Å²) in [6, 6.07) is 6.33. The Hall–Kier alpha value is -1.05. The van der Waals surface area contributed by atoms with Gasteiger partial charge in [-0.1, -0.05) is 12.5 Å². The lowest BCUT2D eigenvalue weighted by molar-refractivity contribution is 0.165. The summed E-state index contributed by atoms with van der Waals surface area (Å²) < 4.78 is 0. The molecular formula is C13H18N2. The minimum atomic E-state index is 0.672. The van der Waals surface area contributed by atoms with E-state index >= 15 is 0 Å². The molecule has 1 aromatic rings. The van der Waals surface area contributed by atoms with E-state index in [0.717, 1.165) is 5.69 Å². The molecule has 0 radical (unpaired) electrons. The first-order valence-electron chi connectivity index (χ1n) is 5.96. The second kappa shape index (κ2) is 3.22. The Morgan fingerprint density at radius 2 is 2.13 bits per heavy atom. The number of aromatic nitrogens is 1. The van der Waals surface area contributed by atoms with E-state index in [4.69, 9.17) is 0 Å². The zero-order chi connectivity index (χ0) is 10.3. The summed E-state index contributed by atoms with van der Waals surface area (Å²) in [5.41, 5.74) is 1.80. The molecule has 2 nitrogen and oxygen atoms in total. The van der Waals surface area contributed by atoms with Crippen molar-refractivity contribution < 1.29 is 0 Å². The summed E-state index contributed by atoms with van der Waals surface area (Å²) in [6.45, 7) is 4.51. The molecule has 2 aliphatic rings. The molecule has 0 unspecified atom stereocenters. The highest BCUT2D eigenvalue weighted by molar-refractivity contribution is 5.41. The molecule has 1 aliphatic carbocycles. The summed E-state index contributed by atoms with van der Waals surface area (Å²) in [6.07, 6.45) is 5.70. The van der Waals surface area contributed by atoms with Crippen molar-refractivity contribution in [2.45, 2.75) is 32.6 Å². The molecule has 1 aromatic heterocycles. The molecule has 1 aliphatic heterocycles. The fourth-order valence-corrected chi connectivity index (χ4v) is 2.92. The number of nitrogens with zero attached hydrogens (tertiary/aromatic N) is 2. The predicted octanol–water partition coefficient (Wildman–Crippen LogP) is 2.77. The zero-order valence-corrected chi connectivity index (χ0v) is 9.37. The van der Waals surface area contributed by atoms with Crippen LogP contribution in [0.3, 0.4) is 0 Å². The van der Waals surface area contributed by atoms with Crippen molar-refractivity contribution in [3.8, 4) is 0 Å². The summed E-state index contributed by atoms with van der Waals surface area (Å²) >= 11 is 0. The van der Waals surface area contributed by atoms with Crippen LogP contribution in [0, 0.1) is 12.3 Å². The Kier molecular flexibility index (Phi) is 1.98. The largest absolute Gasteiger partial charge is 0.356 e. The first-order valence-corrected chi connectivity index (χ1v) is 5.96. The quantitative estimate of drug-likeness (QED) is 0.696. The highest BCUT2D eigenvalue weighted by Crippen LogP contribution is 2.48. The third-order valence-electron chi connectivity index (χ3n) is 4.05. The van der Waals surface area contributed by atoms with Crippen LogP contribution in [-0.4, -0.2) is 18.1 Å². The minimum Gasteiger partial charge on any atom is -0.356 e. The van der Waals surface area contributed by atoms with E-state index < -0.39 is 0 Å². The van der Waals surface area contributed by atoms with E-state index in [-0.39, 0.29) is 0 Å². The minimum absolute atomic E-state index is 0.672. The lowest BCUT2D eigenvalue weighted by atomic mass is 9.68. The molecule has 2 fully saturated rings. The van der Waals surface area contributed by atoms with Crippen LogP contribution in [0.1, 0.15) is 31.4 Å². The second-order valence-corrected chi connectivity index (χ2v) is 5.16. The summed E-state index contributed by atoms with van der Waals surface area (Å²) in [7, 11) is 0. The SMILES string of the molecule is Cc1cccc(N2CCC3(CCC3)C2)n1. The molecular weight excluding hydrogens is 184 g/mol. The van der Waals surface area contributed by atoms with E-state index in [9.17, 15) is 0 Å². The number of pyridine rings is 1. The first-order chi connectivity index (χ1) is 7.27. The van der Waals surface area contributed by atoms with Gasteiger partial charge in [0.15, 0.2) is 0 Å². The third-order valence-corrected chi connectivity index (χ3v) is 4.05. The lowest BCUT2D eigenvalue weighted by Crippen LogP contribution is -2.33. The molecule has 0 bridgehead atoms. The fraction of sp³-hybridized carbons (Fsp3) is 0.615. The summed E-state index contributed by atoms with van der Waals surface area (Å²) in [5, 5.41) is 0. The monoisotopic (exact) mass is 202 g/mol. The van der Waals surface area contributed by atoms with Gasteiger partial charge in [0.1, 0.15) is 5.82 Å². The molecule has 80 valence electrons. The maximum atomic E-state index is 4.61. The average Bonchev–Trinajstić information content (AvgIpc) is 2.62. The smallest absolute Gasteiger partial charge is 0.128 e. The van der Waals surface area contributed by atoms with Crippen molar-refractivity contribution in [2.75, 3.05) is 18.0 Å². The van der Waals surface area contributed by atoms with Crippen molar-refractivity contribution >= 4 is 5.82 Å². The van der Waals surface area contributed by atoms with Gasteiger partial charge in [-0.25, -0.2) is 4.98 Å². The summed E-state index contributed by atoms with van der Waals surface area (Å²) in [4.78, 5) is 7.07. The van der Waals surface area contributed by atoms with Crippen LogP contribution < -0.4 is 4.90 Å². The Morgan fingerprint density at radius 3 is 2.73 bits per heavy atom. The average molecular weight is 202 g/mol. The van der Waals surface area contributed by atoms with Crippen LogP contribution in [0.15, 0.2) is 18.2 Å². The van der Waals surface area contributed by atoms with E-state index in [1.165, 1.54) is 44.6 Å². The normalized spacial score (nSPS) is 23.1. The number of rotatable bonds is 1. The van der Waals surface area contributed by atoms with Gasteiger partial charge in [0.05, 0.1) is 0 Å². The molecule has 1 spiro atoms. The Bertz CT molecular complexity index is 369. The van der Waals surface area contributed by atoms with Crippen molar-refractivity contribution in [3.05, 3.63) is 23.9 Å². The van der Waals surface area contributed by atoms with Crippen molar-refractivity contribution in [1.82, 2.24) is 4.98 Å². The third kappa shape index (κ3) is 1.52. The van der Waals surface area contributed by atoms with Gasteiger partial charge in [-0.15, -0.1) is 0 Å². The topological polar surface area (TPSA) is 16.1 Å². The lowest BCUT2D eigenvalue weighted by Gasteiger charge is -2.38. The van der Waals surface area contributed by atoms with Gasteiger partial charge in [0.25, 0.3) is 0 Å². The van der Waals surface area contributed by atoms with Gasteiger partial charge < -0.3 is 4.90 Å². The van der Waals surface area contributed by atoms with Crippen LogP contribution in [-0.2, 0) is 0 Å². The fourth-order valence-electron chi connectivity index (χ4n) is 2.92. The second-order valence-electron chi connectivity index (χ2n) is 5.16. The maximum absolute atomic E-state index is 4.61. The van der Waals surface area contributed by atoms with Gasteiger partial charge in [-0.3, -0.25) is 0 Å². The molecule has 1 saturated carbocycles. The molecule has 0 aromatic carbocycles. The predicted molar refractivity (Wildman–Crippen MR) is 62.1 cm³/mol. The highest BCUT2D eigenvalue weighted by atomic mass is 15.2. The van der Waals surface area contributed by atoms with E-state index in [2.05, 4.69) is 35.0 Å². The van der Waals surface area contributed by atoms with E-state index in [1.807, 2.05) is 0 Å². The van der Waals surface area contributed by atoms with Gasteiger partial charge in [-0.2, -0.15) is 0 Å². The van der Waals surface area contributed by atoms with Gasteiger partial charge in [0.2, 0.25) is 0 Å². The first kappa shape index (κ1) is 9.20. The Labute approximate surface area is 91.3 Å². The number of hydrogen-bond donors (Lipinski definition) is 0. The number of hydrogen-bond acceptors (Lipinski definition) is 2. The molecule has 0 N–H and O–H groups in total. The van der Waals surface area contributed by atoms with Gasteiger partial charge in [0, 0.05) is 18.8 Å². The molecule has 2 heteroatoms. The van der Waals surface area contributed by atoms with Crippen LogP contribution in [0.2, 0.25) is 0 Å². The standard InChI is InChI=1S/C13H18N2/c1-11-4-2-5-12(14-11)15-9-8-13(10-15)6-3-7-13/h2,4-5H,3,6-10H2,1H3. The van der Waals surface area contributed by atoms with E-state index in [1.54, 1.807) is 0 Å². The van der Waals surface area contributed by atoms with E-state index in [0.29, 0.717) is 5.41 Å². The maximum Gasteiger partial charge on any atom is 0.128 e. The Morgan fingerprint density at radius 1 is 1.27 bits per heavy atom. The summed E-state index contributed by atoms with van der Waals surface area (Å²) in [5.74, 6) is 1.18. The molecule has 0 amide bonds. The Balaban J connectivity index is 1.79. The zero-order valence-electron chi connectivity index (χ0n) is 9.37. The van der Waals surface area contributed by atoms with Gasteiger partial charge >= 0.3 is 0 Å². The molecule has 3 rings (SSSR count). The number of aryl methyl sites for hydroxylation is 1. The van der Waals surface area contributed by atoms with Crippen LogP contribution in [0.5, 0.6) is 0 Å². The molecule has 2 heterocycles. The van der Waals surface area contributed by atoms with Crippen molar-refractivity contribution in [2.24, 2.45) is 5.41 Å². The molecule has 1 saturated heterocycles. The molecule has 15 heavy (non-hydrogen) atoms. The van der Waals surface area contributed by atoms with Gasteiger partial charge in [-0.05, 0) is 43.7 Å².